The number of hydrogen-bond donors (Lipinski definition) is 4. The molecule has 8 heteroatoms. The number of hydrazine groups is 1. The van der Waals surface area contributed by atoms with Gasteiger partial charge in [0.25, 0.3) is 0 Å². The third-order valence-electron chi connectivity index (χ3n) is 8.33. The van der Waals surface area contributed by atoms with E-state index >= 15 is 0 Å². The number of pyridine rings is 2. The lowest BCUT2D eigenvalue weighted by molar-refractivity contribution is 0.220. The molecular weight excluding hydrogens is 460 g/mol. The Bertz CT molecular complexity index is 1360. The van der Waals surface area contributed by atoms with Crippen LogP contribution < -0.4 is 16.2 Å². The molecule has 6 heterocycles. The number of aromatic amines is 1. The molecule has 3 aliphatic rings. The molecule has 0 radical (unpaired) electrons. The van der Waals surface area contributed by atoms with E-state index in [1.54, 1.807) is 6.20 Å². The average molecular weight is 495 g/mol. The normalized spacial score (nSPS) is 26.4. The number of likely N-dealkylation sites (tertiary alicyclic amines) is 1. The van der Waals surface area contributed by atoms with Crippen LogP contribution in [-0.4, -0.2) is 50.5 Å². The van der Waals surface area contributed by atoms with Crippen molar-refractivity contribution < 1.29 is 0 Å². The number of benzene rings is 1. The van der Waals surface area contributed by atoms with Gasteiger partial charge in [-0.05, 0) is 61.7 Å². The highest BCUT2D eigenvalue weighted by molar-refractivity contribution is 5.91. The summed E-state index contributed by atoms with van der Waals surface area (Å²) in [5.74, 6) is 1.41. The molecule has 0 aliphatic carbocycles. The van der Waals surface area contributed by atoms with Gasteiger partial charge in [-0.25, -0.2) is 10.4 Å². The van der Waals surface area contributed by atoms with Crippen LogP contribution in [0.5, 0.6) is 0 Å². The number of piperidine rings is 2. The molecule has 3 saturated heterocycles. The first kappa shape index (κ1) is 23.0. The van der Waals surface area contributed by atoms with Crippen molar-refractivity contribution >= 4 is 11.0 Å². The second-order valence-electron chi connectivity index (χ2n) is 10.8. The van der Waals surface area contributed by atoms with E-state index in [9.17, 15) is 0 Å². The number of para-hydroxylation sites is 1. The van der Waals surface area contributed by atoms with E-state index in [-0.39, 0.29) is 12.1 Å². The number of H-pyrrole nitrogens is 1. The summed E-state index contributed by atoms with van der Waals surface area (Å²) in [6.07, 6.45) is 12.8. The van der Waals surface area contributed by atoms with Gasteiger partial charge in [-0.3, -0.25) is 20.3 Å². The van der Waals surface area contributed by atoms with Crippen molar-refractivity contribution in [2.24, 2.45) is 5.92 Å². The smallest absolute Gasteiger partial charge is 0.126 e. The Labute approximate surface area is 217 Å². The highest BCUT2D eigenvalue weighted by Crippen LogP contribution is 2.39. The highest BCUT2D eigenvalue weighted by Gasteiger charge is 2.42. The Morgan fingerprint density at radius 2 is 1.89 bits per heavy atom. The molecular formula is C29H34N8. The van der Waals surface area contributed by atoms with E-state index in [0.29, 0.717) is 12.0 Å². The van der Waals surface area contributed by atoms with Crippen molar-refractivity contribution in [2.75, 3.05) is 19.6 Å². The molecule has 4 aromatic rings. The van der Waals surface area contributed by atoms with Gasteiger partial charge in [0.2, 0.25) is 0 Å². The molecule has 4 N–H and O–H groups in total. The molecule has 0 amide bonds. The lowest BCUT2D eigenvalue weighted by Gasteiger charge is -2.34. The topological polar surface area (TPSA) is 93.8 Å². The SMILES string of the molecule is c1cncc(-c2cccc3[nH]c(C4NNC5CNC(c6cncc(CN7CCCCC7)c6)CC54)nc23)c1. The molecule has 4 atom stereocenters. The molecule has 8 nitrogen and oxygen atoms in total. The molecule has 3 aliphatic heterocycles. The summed E-state index contributed by atoms with van der Waals surface area (Å²) in [6, 6.07) is 13.5. The zero-order chi connectivity index (χ0) is 24.6. The maximum atomic E-state index is 5.11. The molecule has 3 fully saturated rings. The van der Waals surface area contributed by atoms with E-state index in [2.05, 4.69) is 66.4 Å². The summed E-state index contributed by atoms with van der Waals surface area (Å²) < 4.78 is 0. The summed E-state index contributed by atoms with van der Waals surface area (Å²) in [6.45, 7) is 4.32. The highest BCUT2D eigenvalue weighted by atomic mass is 15.4. The lowest BCUT2D eigenvalue weighted by atomic mass is 9.82. The van der Waals surface area contributed by atoms with Gasteiger partial charge in [-0.1, -0.05) is 24.6 Å². The van der Waals surface area contributed by atoms with Crippen LogP contribution in [0.4, 0.5) is 0 Å². The minimum Gasteiger partial charge on any atom is -0.341 e. The van der Waals surface area contributed by atoms with E-state index in [1.165, 1.54) is 43.5 Å². The molecule has 0 bridgehead atoms. The van der Waals surface area contributed by atoms with E-state index in [4.69, 9.17) is 4.98 Å². The van der Waals surface area contributed by atoms with Crippen molar-refractivity contribution in [3.8, 4) is 11.1 Å². The van der Waals surface area contributed by atoms with Crippen molar-refractivity contribution in [1.82, 2.24) is 41.0 Å². The third-order valence-corrected chi connectivity index (χ3v) is 8.33. The second-order valence-corrected chi connectivity index (χ2v) is 10.8. The Kier molecular flexibility index (Phi) is 6.18. The molecule has 1 aromatic carbocycles. The Morgan fingerprint density at radius 3 is 2.78 bits per heavy atom. The molecule has 0 saturated carbocycles. The van der Waals surface area contributed by atoms with Crippen LogP contribution >= 0.6 is 0 Å². The van der Waals surface area contributed by atoms with Gasteiger partial charge in [0.15, 0.2) is 0 Å². The zero-order valence-corrected chi connectivity index (χ0v) is 21.0. The minimum absolute atomic E-state index is 0.119. The number of hydrogen-bond acceptors (Lipinski definition) is 7. The number of aromatic nitrogens is 4. The quantitative estimate of drug-likeness (QED) is 0.335. The number of fused-ring (bicyclic) bond motifs is 2. The number of nitrogens with zero attached hydrogens (tertiary/aromatic N) is 4. The summed E-state index contributed by atoms with van der Waals surface area (Å²) in [4.78, 5) is 20.2. The van der Waals surface area contributed by atoms with Gasteiger partial charge in [0, 0.05) is 67.0 Å². The first-order chi connectivity index (χ1) is 18.3. The third kappa shape index (κ3) is 4.55. The van der Waals surface area contributed by atoms with Crippen LogP contribution in [0.2, 0.25) is 0 Å². The first-order valence-electron chi connectivity index (χ1n) is 13.6. The lowest BCUT2D eigenvalue weighted by Crippen LogP contribution is -2.46. The van der Waals surface area contributed by atoms with Crippen LogP contribution in [-0.2, 0) is 6.54 Å². The number of imidazole rings is 1. The summed E-state index contributed by atoms with van der Waals surface area (Å²) in [7, 11) is 0. The van der Waals surface area contributed by atoms with Gasteiger partial charge in [-0.2, -0.15) is 0 Å². The van der Waals surface area contributed by atoms with Gasteiger partial charge >= 0.3 is 0 Å². The van der Waals surface area contributed by atoms with E-state index in [1.807, 2.05) is 24.7 Å². The van der Waals surface area contributed by atoms with Crippen LogP contribution in [0.3, 0.4) is 0 Å². The Balaban J connectivity index is 1.12. The predicted octanol–water partition coefficient (Wildman–Crippen LogP) is 3.87. The van der Waals surface area contributed by atoms with Gasteiger partial charge < -0.3 is 10.3 Å². The van der Waals surface area contributed by atoms with E-state index in [0.717, 1.165) is 47.5 Å². The van der Waals surface area contributed by atoms with Crippen LogP contribution in [0.1, 0.15) is 54.7 Å². The molecule has 7 rings (SSSR count). The molecule has 37 heavy (non-hydrogen) atoms. The van der Waals surface area contributed by atoms with E-state index < -0.39 is 0 Å². The first-order valence-corrected chi connectivity index (χ1v) is 13.6. The number of nitrogens with one attached hydrogen (secondary N) is 4. The van der Waals surface area contributed by atoms with Gasteiger partial charge in [0.1, 0.15) is 5.82 Å². The van der Waals surface area contributed by atoms with Crippen molar-refractivity contribution in [3.05, 3.63) is 78.1 Å². The van der Waals surface area contributed by atoms with Crippen LogP contribution in [0.15, 0.2) is 61.2 Å². The van der Waals surface area contributed by atoms with Crippen LogP contribution in [0, 0.1) is 5.92 Å². The van der Waals surface area contributed by atoms with Gasteiger partial charge in [-0.15, -0.1) is 0 Å². The predicted molar refractivity (Wildman–Crippen MR) is 144 cm³/mol. The van der Waals surface area contributed by atoms with Crippen LogP contribution in [0.25, 0.3) is 22.2 Å². The largest absolute Gasteiger partial charge is 0.341 e. The maximum Gasteiger partial charge on any atom is 0.126 e. The maximum absolute atomic E-state index is 5.11. The molecule has 0 spiro atoms. The fourth-order valence-corrected chi connectivity index (χ4v) is 6.41. The minimum atomic E-state index is 0.119. The average Bonchev–Trinajstić information content (AvgIpc) is 3.58. The van der Waals surface area contributed by atoms with Crippen molar-refractivity contribution in [2.45, 2.75) is 50.4 Å². The van der Waals surface area contributed by atoms with Gasteiger partial charge in [0.05, 0.1) is 17.1 Å². The molecule has 4 unspecified atom stereocenters. The van der Waals surface area contributed by atoms with Crippen molar-refractivity contribution in [3.63, 3.8) is 0 Å². The fourth-order valence-electron chi connectivity index (χ4n) is 6.41. The second kappa shape index (κ2) is 9.95. The zero-order valence-electron chi connectivity index (χ0n) is 21.0. The molecule has 3 aromatic heterocycles. The standard InChI is InChI=1S/C29H34N8/c1-2-10-37(11-3-1)18-19-12-21(16-31-14-19)25-13-23-26(17-32-25)35-36-28(23)29-33-24-8-4-7-22(27(24)34-29)20-6-5-9-30-15-20/h4-9,12,14-16,23,25-26,28,32,35-36H,1-3,10-11,13,17-18H2,(H,33,34). The molecule has 190 valence electrons. The summed E-state index contributed by atoms with van der Waals surface area (Å²) in [5.41, 5.74) is 13.9. The van der Waals surface area contributed by atoms with Crippen molar-refractivity contribution in [1.29, 1.82) is 0 Å². The number of rotatable bonds is 5. The Hall–Kier alpha value is -3.17. The fraction of sp³-hybridized carbons (Fsp3) is 0.414. The Morgan fingerprint density at radius 1 is 0.946 bits per heavy atom. The summed E-state index contributed by atoms with van der Waals surface area (Å²) >= 11 is 0. The monoisotopic (exact) mass is 494 g/mol. The summed E-state index contributed by atoms with van der Waals surface area (Å²) in [5, 5.41) is 3.77.